The Hall–Kier alpha value is -1.26. The van der Waals surface area contributed by atoms with Gasteiger partial charge in [0.15, 0.2) is 0 Å². The predicted octanol–water partition coefficient (Wildman–Crippen LogP) is 2.43. The van der Waals surface area contributed by atoms with Gasteiger partial charge in [-0.25, -0.2) is 9.37 Å². The summed E-state index contributed by atoms with van der Waals surface area (Å²) in [4.78, 5) is 4.29. The van der Waals surface area contributed by atoms with Crippen LogP contribution < -0.4 is 5.73 Å². The van der Waals surface area contributed by atoms with Gasteiger partial charge in [-0.15, -0.1) is 11.3 Å². The fraction of sp³-hybridized carbons (Fsp3) is 0.250. The molecule has 2 N–H and O–H groups in total. The SMILES string of the molecule is NC1(c2nccs2)CCc2cc(F)ccc21. The van der Waals surface area contributed by atoms with Crippen LogP contribution in [0.25, 0.3) is 0 Å². The number of benzene rings is 1. The summed E-state index contributed by atoms with van der Waals surface area (Å²) in [5, 5.41) is 2.84. The molecule has 82 valence electrons. The van der Waals surface area contributed by atoms with Gasteiger partial charge in [-0.05, 0) is 36.1 Å². The Bertz CT molecular complexity index is 524. The van der Waals surface area contributed by atoms with Crippen molar-refractivity contribution in [2.45, 2.75) is 18.4 Å². The van der Waals surface area contributed by atoms with E-state index in [9.17, 15) is 4.39 Å². The van der Waals surface area contributed by atoms with E-state index < -0.39 is 5.54 Å². The van der Waals surface area contributed by atoms with E-state index in [0.717, 1.165) is 29.0 Å². The van der Waals surface area contributed by atoms with Crippen LogP contribution in [-0.4, -0.2) is 4.98 Å². The smallest absolute Gasteiger partial charge is 0.123 e. The van der Waals surface area contributed by atoms with E-state index in [2.05, 4.69) is 4.98 Å². The Morgan fingerprint density at radius 1 is 1.44 bits per heavy atom. The van der Waals surface area contributed by atoms with Crippen molar-refractivity contribution in [3.05, 3.63) is 51.7 Å². The molecule has 4 heteroatoms. The largest absolute Gasteiger partial charge is 0.316 e. The number of hydrogen-bond acceptors (Lipinski definition) is 3. The molecule has 0 amide bonds. The van der Waals surface area contributed by atoms with Crippen LogP contribution in [0.1, 0.15) is 22.6 Å². The molecular weight excluding hydrogens is 223 g/mol. The second kappa shape index (κ2) is 3.37. The van der Waals surface area contributed by atoms with E-state index in [1.807, 2.05) is 5.38 Å². The quantitative estimate of drug-likeness (QED) is 0.823. The van der Waals surface area contributed by atoms with Crippen molar-refractivity contribution in [3.8, 4) is 0 Å². The minimum Gasteiger partial charge on any atom is -0.316 e. The van der Waals surface area contributed by atoms with Gasteiger partial charge in [-0.2, -0.15) is 0 Å². The minimum atomic E-state index is -0.517. The Kier molecular flexibility index (Phi) is 2.09. The Labute approximate surface area is 96.9 Å². The van der Waals surface area contributed by atoms with Gasteiger partial charge in [0.05, 0.1) is 5.54 Å². The molecule has 1 unspecified atom stereocenters. The Balaban J connectivity index is 2.15. The van der Waals surface area contributed by atoms with Crippen LogP contribution in [0.5, 0.6) is 0 Å². The zero-order valence-electron chi connectivity index (χ0n) is 8.61. The van der Waals surface area contributed by atoms with Crippen molar-refractivity contribution in [2.24, 2.45) is 5.73 Å². The second-order valence-corrected chi connectivity index (χ2v) is 5.00. The van der Waals surface area contributed by atoms with Crippen LogP contribution in [0, 0.1) is 5.82 Å². The summed E-state index contributed by atoms with van der Waals surface area (Å²) in [6, 6.07) is 4.84. The minimum absolute atomic E-state index is 0.192. The first-order valence-corrected chi connectivity index (χ1v) is 6.06. The molecule has 2 nitrogen and oxygen atoms in total. The van der Waals surface area contributed by atoms with Gasteiger partial charge < -0.3 is 5.73 Å². The topological polar surface area (TPSA) is 38.9 Å². The average molecular weight is 234 g/mol. The Morgan fingerprint density at radius 2 is 2.31 bits per heavy atom. The first-order valence-electron chi connectivity index (χ1n) is 5.18. The first kappa shape index (κ1) is 9.93. The number of rotatable bonds is 1. The number of thiazole rings is 1. The molecule has 0 saturated heterocycles. The molecule has 1 aliphatic rings. The normalized spacial score (nSPS) is 23.4. The fourth-order valence-corrected chi connectivity index (χ4v) is 3.13. The maximum Gasteiger partial charge on any atom is 0.123 e. The summed E-state index contributed by atoms with van der Waals surface area (Å²) < 4.78 is 13.1. The van der Waals surface area contributed by atoms with Crippen molar-refractivity contribution < 1.29 is 4.39 Å². The van der Waals surface area contributed by atoms with Gasteiger partial charge in [0.1, 0.15) is 10.8 Å². The summed E-state index contributed by atoms with van der Waals surface area (Å²) in [6.07, 6.45) is 3.39. The van der Waals surface area contributed by atoms with Crippen LogP contribution in [0.15, 0.2) is 29.8 Å². The van der Waals surface area contributed by atoms with Crippen LogP contribution in [0.2, 0.25) is 0 Å². The lowest BCUT2D eigenvalue weighted by atomic mass is 9.94. The zero-order chi connectivity index (χ0) is 11.2. The lowest BCUT2D eigenvalue weighted by Gasteiger charge is -2.22. The number of aryl methyl sites for hydroxylation is 1. The van der Waals surface area contributed by atoms with Gasteiger partial charge in [-0.1, -0.05) is 6.07 Å². The second-order valence-electron chi connectivity index (χ2n) is 4.11. The molecule has 0 spiro atoms. The highest BCUT2D eigenvalue weighted by atomic mass is 32.1. The number of nitrogens with two attached hydrogens (primary N) is 1. The van der Waals surface area contributed by atoms with Gasteiger partial charge in [0, 0.05) is 11.6 Å². The third-order valence-electron chi connectivity index (χ3n) is 3.15. The highest BCUT2D eigenvalue weighted by Gasteiger charge is 2.38. The van der Waals surface area contributed by atoms with E-state index in [1.54, 1.807) is 29.7 Å². The lowest BCUT2D eigenvalue weighted by molar-refractivity contribution is 0.531. The molecule has 0 bridgehead atoms. The summed E-state index contributed by atoms with van der Waals surface area (Å²) in [5.41, 5.74) is 7.92. The highest BCUT2D eigenvalue weighted by Crippen LogP contribution is 2.40. The third-order valence-corrected chi connectivity index (χ3v) is 4.10. The van der Waals surface area contributed by atoms with E-state index in [0.29, 0.717) is 0 Å². The third kappa shape index (κ3) is 1.30. The van der Waals surface area contributed by atoms with Gasteiger partial charge in [0.2, 0.25) is 0 Å². The van der Waals surface area contributed by atoms with Crippen molar-refractivity contribution in [1.29, 1.82) is 0 Å². The molecule has 16 heavy (non-hydrogen) atoms. The number of aromatic nitrogens is 1. The summed E-state index contributed by atoms with van der Waals surface area (Å²) in [6.45, 7) is 0. The zero-order valence-corrected chi connectivity index (χ0v) is 9.43. The van der Waals surface area contributed by atoms with Crippen LogP contribution in [0.4, 0.5) is 4.39 Å². The van der Waals surface area contributed by atoms with Gasteiger partial charge >= 0.3 is 0 Å². The molecular formula is C12H11FN2S. The average Bonchev–Trinajstić information content (AvgIpc) is 2.87. The molecule has 1 aliphatic carbocycles. The van der Waals surface area contributed by atoms with E-state index >= 15 is 0 Å². The van der Waals surface area contributed by atoms with Crippen molar-refractivity contribution in [2.75, 3.05) is 0 Å². The van der Waals surface area contributed by atoms with Crippen LogP contribution >= 0.6 is 11.3 Å². The van der Waals surface area contributed by atoms with Crippen molar-refractivity contribution in [1.82, 2.24) is 4.98 Å². The van der Waals surface area contributed by atoms with Gasteiger partial charge in [0.25, 0.3) is 0 Å². The molecule has 0 radical (unpaired) electrons. The molecule has 3 rings (SSSR count). The van der Waals surface area contributed by atoms with E-state index in [4.69, 9.17) is 5.73 Å². The standard InChI is InChI=1S/C12H11FN2S/c13-9-1-2-10-8(7-9)3-4-12(10,14)11-15-5-6-16-11/h1-2,5-7H,3-4,14H2. The number of hydrogen-bond donors (Lipinski definition) is 1. The maximum absolute atomic E-state index is 13.1. The summed E-state index contributed by atoms with van der Waals surface area (Å²) in [5.74, 6) is -0.192. The number of fused-ring (bicyclic) bond motifs is 1. The fourth-order valence-electron chi connectivity index (χ4n) is 2.34. The molecule has 1 aromatic heterocycles. The molecule has 1 heterocycles. The van der Waals surface area contributed by atoms with Gasteiger partial charge in [-0.3, -0.25) is 0 Å². The predicted molar refractivity (Wildman–Crippen MR) is 61.8 cm³/mol. The Morgan fingerprint density at radius 3 is 3.06 bits per heavy atom. The highest BCUT2D eigenvalue weighted by molar-refractivity contribution is 7.09. The summed E-state index contributed by atoms with van der Waals surface area (Å²) in [7, 11) is 0. The molecule has 0 saturated carbocycles. The van der Waals surface area contributed by atoms with E-state index in [1.165, 1.54) is 6.07 Å². The molecule has 1 atom stereocenters. The monoisotopic (exact) mass is 234 g/mol. The van der Waals surface area contributed by atoms with Crippen LogP contribution in [-0.2, 0) is 12.0 Å². The summed E-state index contributed by atoms with van der Waals surface area (Å²) >= 11 is 1.56. The molecule has 2 aromatic rings. The molecule has 1 aromatic carbocycles. The lowest BCUT2D eigenvalue weighted by Crippen LogP contribution is -2.35. The number of halogens is 1. The molecule has 0 aliphatic heterocycles. The van der Waals surface area contributed by atoms with E-state index in [-0.39, 0.29) is 5.82 Å². The maximum atomic E-state index is 13.1. The van der Waals surface area contributed by atoms with Crippen LogP contribution in [0.3, 0.4) is 0 Å². The van der Waals surface area contributed by atoms with Crippen molar-refractivity contribution >= 4 is 11.3 Å². The first-order chi connectivity index (χ1) is 7.70. The van der Waals surface area contributed by atoms with Crippen molar-refractivity contribution in [3.63, 3.8) is 0 Å². The molecule has 0 fully saturated rings. The number of nitrogens with zero attached hydrogens (tertiary/aromatic N) is 1.